The number of ether oxygens (including phenoxy) is 1. The monoisotopic (exact) mass is 346 g/mol. The molecule has 0 unspecified atom stereocenters. The van der Waals surface area contributed by atoms with Gasteiger partial charge in [-0.2, -0.15) is 0 Å². The average molecular weight is 346 g/mol. The molecule has 0 radical (unpaired) electrons. The number of aromatic nitrogens is 1. The number of nitrogens with one attached hydrogen (secondary N) is 1. The molecule has 1 aromatic heterocycles. The summed E-state index contributed by atoms with van der Waals surface area (Å²) in [6.07, 6.45) is 4.61. The number of rotatable bonds is 9. The second kappa shape index (κ2) is 9.42. The number of benzene rings is 1. The van der Waals surface area contributed by atoms with Gasteiger partial charge in [0.2, 0.25) is 0 Å². The summed E-state index contributed by atoms with van der Waals surface area (Å²) >= 11 is 1.41. The molecule has 0 aliphatic rings. The summed E-state index contributed by atoms with van der Waals surface area (Å²) in [6, 6.07) is 7.92. The van der Waals surface area contributed by atoms with E-state index in [0.717, 1.165) is 35.8 Å². The van der Waals surface area contributed by atoms with Crippen LogP contribution in [0.1, 0.15) is 58.5 Å². The minimum Gasteiger partial charge on any atom is -0.486 e. The Morgan fingerprint density at radius 2 is 1.92 bits per heavy atom. The number of amides is 1. The van der Waals surface area contributed by atoms with Gasteiger partial charge in [0.15, 0.2) is 0 Å². The summed E-state index contributed by atoms with van der Waals surface area (Å²) in [7, 11) is 0. The maximum Gasteiger partial charge on any atom is 0.263 e. The van der Waals surface area contributed by atoms with Gasteiger partial charge in [0.05, 0.1) is 5.69 Å². The van der Waals surface area contributed by atoms with Crippen molar-refractivity contribution < 1.29 is 9.53 Å². The van der Waals surface area contributed by atoms with Crippen molar-refractivity contribution in [3.8, 4) is 5.75 Å². The van der Waals surface area contributed by atoms with Crippen LogP contribution in [-0.4, -0.2) is 17.4 Å². The highest BCUT2D eigenvalue weighted by molar-refractivity contribution is 7.13. The molecule has 0 bridgehead atoms. The molecule has 2 aromatic rings. The molecule has 1 N–H and O–H groups in total. The van der Waals surface area contributed by atoms with E-state index in [2.05, 4.69) is 17.2 Å². The van der Waals surface area contributed by atoms with Crippen molar-refractivity contribution >= 4 is 17.2 Å². The number of carbonyl (C=O) groups excluding carboxylic acids is 1. The van der Waals surface area contributed by atoms with Crippen molar-refractivity contribution in [1.82, 2.24) is 10.3 Å². The molecule has 5 heteroatoms. The van der Waals surface area contributed by atoms with Crippen molar-refractivity contribution in [3.63, 3.8) is 0 Å². The number of carbonyl (C=O) groups is 1. The second-order valence-corrected chi connectivity index (χ2v) is 7.02. The van der Waals surface area contributed by atoms with Crippen LogP contribution in [0.4, 0.5) is 0 Å². The molecule has 0 saturated carbocycles. The van der Waals surface area contributed by atoms with Crippen molar-refractivity contribution in [2.45, 2.75) is 53.1 Å². The SMILES string of the molecule is CCCCCCNC(=O)c1sc(COc2ccc(C)cc2)nc1C. The molecule has 130 valence electrons. The van der Waals surface area contributed by atoms with E-state index in [0.29, 0.717) is 11.5 Å². The van der Waals surface area contributed by atoms with E-state index >= 15 is 0 Å². The smallest absolute Gasteiger partial charge is 0.263 e. The highest BCUT2D eigenvalue weighted by atomic mass is 32.1. The molecule has 0 saturated heterocycles. The fourth-order valence-electron chi connectivity index (χ4n) is 2.34. The van der Waals surface area contributed by atoms with E-state index in [-0.39, 0.29) is 5.91 Å². The van der Waals surface area contributed by atoms with E-state index < -0.39 is 0 Å². The Kier molecular flexibility index (Phi) is 7.25. The van der Waals surface area contributed by atoms with Gasteiger partial charge in [-0.3, -0.25) is 4.79 Å². The molecular formula is C19H26N2O2S. The minimum atomic E-state index is -0.0249. The molecule has 0 spiro atoms. The van der Waals surface area contributed by atoms with E-state index in [1.807, 2.05) is 38.1 Å². The predicted molar refractivity (Wildman–Crippen MR) is 98.8 cm³/mol. The van der Waals surface area contributed by atoms with Crippen LogP contribution in [0.15, 0.2) is 24.3 Å². The third-order valence-electron chi connectivity index (χ3n) is 3.75. The third kappa shape index (κ3) is 5.64. The third-order valence-corrected chi connectivity index (χ3v) is 4.88. The normalized spacial score (nSPS) is 10.6. The van der Waals surface area contributed by atoms with Crippen molar-refractivity contribution in [2.75, 3.05) is 6.54 Å². The zero-order valence-electron chi connectivity index (χ0n) is 14.7. The van der Waals surface area contributed by atoms with Crippen molar-refractivity contribution in [3.05, 3.63) is 45.4 Å². The van der Waals surface area contributed by atoms with E-state index in [1.54, 1.807) is 0 Å². The largest absolute Gasteiger partial charge is 0.486 e. The van der Waals surface area contributed by atoms with Crippen LogP contribution in [0.25, 0.3) is 0 Å². The number of hydrogen-bond acceptors (Lipinski definition) is 4. The van der Waals surface area contributed by atoms with E-state index in [9.17, 15) is 4.79 Å². The highest BCUT2D eigenvalue weighted by Gasteiger charge is 2.15. The first-order valence-corrected chi connectivity index (χ1v) is 9.35. The lowest BCUT2D eigenvalue weighted by molar-refractivity contribution is 0.0956. The summed E-state index contributed by atoms with van der Waals surface area (Å²) < 4.78 is 5.74. The van der Waals surface area contributed by atoms with E-state index in [1.165, 1.54) is 29.7 Å². The van der Waals surface area contributed by atoms with E-state index in [4.69, 9.17) is 4.74 Å². The number of nitrogens with zero attached hydrogens (tertiary/aromatic N) is 1. The second-order valence-electron chi connectivity index (χ2n) is 5.94. The Bertz CT molecular complexity index is 650. The lowest BCUT2D eigenvalue weighted by atomic mass is 10.2. The highest BCUT2D eigenvalue weighted by Crippen LogP contribution is 2.20. The fraction of sp³-hybridized carbons (Fsp3) is 0.474. The Morgan fingerprint density at radius 1 is 1.17 bits per heavy atom. The lowest BCUT2D eigenvalue weighted by Gasteiger charge is -2.04. The summed E-state index contributed by atoms with van der Waals surface area (Å²) in [5.41, 5.74) is 1.97. The molecule has 0 fully saturated rings. The molecule has 4 nitrogen and oxygen atoms in total. The van der Waals surface area contributed by atoms with Crippen LogP contribution in [-0.2, 0) is 6.61 Å². The number of thiazole rings is 1. The first-order chi connectivity index (χ1) is 11.6. The summed E-state index contributed by atoms with van der Waals surface area (Å²) in [4.78, 5) is 17.4. The first kappa shape index (κ1) is 18.5. The van der Waals surface area contributed by atoms with Gasteiger partial charge < -0.3 is 10.1 Å². The summed E-state index contributed by atoms with van der Waals surface area (Å²) in [6.45, 7) is 7.21. The topological polar surface area (TPSA) is 51.2 Å². The first-order valence-electron chi connectivity index (χ1n) is 8.54. The molecular weight excluding hydrogens is 320 g/mol. The van der Waals surface area contributed by atoms with Crippen LogP contribution in [0.3, 0.4) is 0 Å². The minimum absolute atomic E-state index is 0.0249. The summed E-state index contributed by atoms with van der Waals surface area (Å²) in [5, 5.41) is 3.81. The van der Waals surface area contributed by atoms with Gasteiger partial charge in [-0.1, -0.05) is 43.9 Å². The van der Waals surface area contributed by atoms with Crippen molar-refractivity contribution in [2.24, 2.45) is 0 Å². The quantitative estimate of drug-likeness (QED) is 0.673. The van der Waals surface area contributed by atoms with Gasteiger partial charge in [-0.15, -0.1) is 11.3 Å². The van der Waals surface area contributed by atoms with Gasteiger partial charge in [-0.05, 0) is 32.4 Å². The Hall–Kier alpha value is -1.88. The summed E-state index contributed by atoms with van der Waals surface area (Å²) in [5.74, 6) is 0.790. The zero-order valence-corrected chi connectivity index (χ0v) is 15.5. The maximum atomic E-state index is 12.2. The van der Waals surface area contributed by atoms with Crippen LogP contribution in [0, 0.1) is 13.8 Å². The van der Waals surface area contributed by atoms with Crippen LogP contribution >= 0.6 is 11.3 Å². The van der Waals surface area contributed by atoms with Crippen LogP contribution < -0.4 is 10.1 Å². The van der Waals surface area contributed by atoms with Gasteiger partial charge in [0.1, 0.15) is 22.2 Å². The van der Waals surface area contributed by atoms with Gasteiger partial charge in [0.25, 0.3) is 5.91 Å². The van der Waals surface area contributed by atoms with Crippen molar-refractivity contribution in [1.29, 1.82) is 0 Å². The Labute approximate surface area is 148 Å². The maximum absolute atomic E-state index is 12.2. The van der Waals surface area contributed by atoms with Gasteiger partial charge in [-0.25, -0.2) is 4.98 Å². The zero-order chi connectivity index (χ0) is 17.4. The lowest BCUT2D eigenvalue weighted by Crippen LogP contribution is -2.24. The molecule has 1 heterocycles. The standard InChI is InChI=1S/C19H26N2O2S/c1-4-5-6-7-12-20-19(22)18-15(3)21-17(24-18)13-23-16-10-8-14(2)9-11-16/h8-11H,4-7,12-13H2,1-3H3,(H,20,22). The number of hydrogen-bond donors (Lipinski definition) is 1. The predicted octanol–water partition coefficient (Wildman–Crippen LogP) is 4.65. The molecule has 1 aromatic carbocycles. The molecule has 1 amide bonds. The van der Waals surface area contributed by atoms with Crippen LogP contribution in [0.2, 0.25) is 0 Å². The fourth-order valence-corrected chi connectivity index (χ4v) is 3.23. The molecule has 24 heavy (non-hydrogen) atoms. The molecule has 0 atom stereocenters. The number of unbranched alkanes of at least 4 members (excludes halogenated alkanes) is 3. The number of aryl methyl sites for hydroxylation is 2. The van der Waals surface area contributed by atoms with Crippen LogP contribution in [0.5, 0.6) is 5.75 Å². The molecule has 2 rings (SSSR count). The average Bonchev–Trinajstić information content (AvgIpc) is 2.95. The Balaban J connectivity index is 1.84. The molecule has 0 aliphatic heterocycles. The Morgan fingerprint density at radius 3 is 2.62 bits per heavy atom. The van der Waals surface area contributed by atoms with Gasteiger partial charge >= 0.3 is 0 Å². The molecule has 0 aliphatic carbocycles. The van der Waals surface area contributed by atoms with Gasteiger partial charge in [0, 0.05) is 6.54 Å².